The number of amides is 2. The van der Waals surface area contributed by atoms with E-state index >= 15 is 0 Å². The maximum Gasteiger partial charge on any atom is 0.523 e. The second-order valence-corrected chi connectivity index (χ2v) is 6.84. The van der Waals surface area contributed by atoms with Crippen molar-refractivity contribution >= 4 is 32.7 Å². The molecule has 0 aliphatic carbocycles. The molecule has 0 atom stereocenters. The maximum atomic E-state index is 12.3. The standard InChI is InChI=1S/C15H10F3NO5S/c16-15(17,18)25(22,23)24-6-5-19-13(20)11-7-9-3-1-2-4-10(9)8-12(11)14(19)21/h1-4,7-8H,5-6H2. The van der Waals surface area contributed by atoms with Crippen LogP contribution in [0.4, 0.5) is 13.2 Å². The Kier molecular flexibility index (Phi) is 4.04. The highest BCUT2D eigenvalue weighted by molar-refractivity contribution is 7.87. The summed E-state index contributed by atoms with van der Waals surface area (Å²) in [4.78, 5) is 25.2. The number of imide groups is 1. The summed E-state index contributed by atoms with van der Waals surface area (Å²) in [5.74, 6) is -1.42. The molecular weight excluding hydrogens is 363 g/mol. The van der Waals surface area contributed by atoms with E-state index in [9.17, 15) is 31.2 Å². The van der Waals surface area contributed by atoms with Gasteiger partial charge in [-0.15, -0.1) is 0 Å². The fourth-order valence-corrected chi connectivity index (χ4v) is 2.91. The second kappa shape index (κ2) is 5.81. The van der Waals surface area contributed by atoms with Crippen LogP contribution in [0.2, 0.25) is 0 Å². The van der Waals surface area contributed by atoms with E-state index in [4.69, 9.17) is 0 Å². The molecule has 1 aliphatic rings. The summed E-state index contributed by atoms with van der Waals surface area (Å²) in [7, 11) is -5.77. The molecule has 0 saturated heterocycles. The van der Waals surface area contributed by atoms with Crippen LogP contribution in [-0.2, 0) is 14.3 Å². The molecule has 2 aromatic rings. The van der Waals surface area contributed by atoms with Gasteiger partial charge in [-0.1, -0.05) is 24.3 Å². The van der Waals surface area contributed by atoms with Crippen LogP contribution in [0.3, 0.4) is 0 Å². The predicted octanol–water partition coefficient (Wildman–Crippen LogP) is 2.30. The minimum atomic E-state index is -5.77. The summed E-state index contributed by atoms with van der Waals surface area (Å²) in [6.07, 6.45) is 0. The van der Waals surface area contributed by atoms with Crippen molar-refractivity contribution in [1.29, 1.82) is 0 Å². The summed E-state index contributed by atoms with van der Waals surface area (Å²) < 4.78 is 62.1. The van der Waals surface area contributed by atoms with E-state index in [-0.39, 0.29) is 11.1 Å². The van der Waals surface area contributed by atoms with Gasteiger partial charge in [-0.3, -0.25) is 18.7 Å². The molecule has 0 fully saturated rings. The van der Waals surface area contributed by atoms with Gasteiger partial charge < -0.3 is 0 Å². The number of alkyl halides is 3. The average Bonchev–Trinajstić information content (AvgIpc) is 2.76. The molecule has 3 rings (SSSR count). The van der Waals surface area contributed by atoms with Crippen LogP contribution in [0, 0.1) is 0 Å². The molecule has 0 unspecified atom stereocenters. The van der Waals surface area contributed by atoms with E-state index in [0.29, 0.717) is 4.90 Å². The van der Waals surface area contributed by atoms with Crippen LogP contribution in [0.5, 0.6) is 0 Å². The molecule has 0 bridgehead atoms. The molecule has 10 heteroatoms. The van der Waals surface area contributed by atoms with Crippen LogP contribution in [0.1, 0.15) is 20.7 Å². The van der Waals surface area contributed by atoms with Crippen molar-refractivity contribution in [3.8, 4) is 0 Å². The third-order valence-electron chi connectivity index (χ3n) is 3.67. The van der Waals surface area contributed by atoms with E-state index in [1.165, 1.54) is 12.1 Å². The van der Waals surface area contributed by atoms with Crippen LogP contribution in [0.25, 0.3) is 10.8 Å². The van der Waals surface area contributed by atoms with Crippen molar-refractivity contribution in [2.24, 2.45) is 0 Å². The van der Waals surface area contributed by atoms with Gasteiger partial charge in [0.2, 0.25) is 0 Å². The van der Waals surface area contributed by atoms with Gasteiger partial charge in [-0.2, -0.15) is 21.6 Å². The first-order valence-electron chi connectivity index (χ1n) is 6.96. The highest BCUT2D eigenvalue weighted by Crippen LogP contribution is 2.28. The van der Waals surface area contributed by atoms with Gasteiger partial charge >= 0.3 is 15.6 Å². The molecule has 6 nitrogen and oxygen atoms in total. The molecule has 132 valence electrons. The third kappa shape index (κ3) is 2.98. The molecule has 0 saturated carbocycles. The van der Waals surface area contributed by atoms with Crippen molar-refractivity contribution in [2.45, 2.75) is 5.51 Å². The number of nitrogens with zero attached hydrogens (tertiary/aromatic N) is 1. The van der Waals surface area contributed by atoms with E-state index in [1.807, 2.05) is 0 Å². The molecular formula is C15H10F3NO5S. The fraction of sp³-hybridized carbons (Fsp3) is 0.200. The number of rotatable bonds is 4. The Balaban J connectivity index is 1.80. The van der Waals surface area contributed by atoms with Crippen molar-refractivity contribution < 1.29 is 35.4 Å². The molecule has 1 aliphatic heterocycles. The number of fused-ring (bicyclic) bond motifs is 2. The monoisotopic (exact) mass is 373 g/mol. The lowest BCUT2D eigenvalue weighted by Crippen LogP contribution is -2.35. The molecule has 25 heavy (non-hydrogen) atoms. The van der Waals surface area contributed by atoms with Gasteiger partial charge in [-0.05, 0) is 22.9 Å². The molecule has 0 aromatic heterocycles. The topological polar surface area (TPSA) is 80.8 Å². The third-order valence-corrected chi connectivity index (χ3v) is 4.72. The second-order valence-electron chi connectivity index (χ2n) is 5.23. The highest BCUT2D eigenvalue weighted by atomic mass is 32.2. The molecule has 2 aromatic carbocycles. The summed E-state index contributed by atoms with van der Waals surface area (Å²) in [5.41, 5.74) is -5.34. The summed E-state index contributed by atoms with van der Waals surface area (Å²) in [6, 6.07) is 10.0. The number of hydrogen-bond acceptors (Lipinski definition) is 5. The molecule has 0 spiro atoms. The molecule has 1 heterocycles. The Morgan fingerprint density at radius 1 is 0.960 bits per heavy atom. The minimum absolute atomic E-state index is 0.113. The van der Waals surface area contributed by atoms with Gasteiger partial charge in [-0.25, -0.2) is 0 Å². The van der Waals surface area contributed by atoms with E-state index < -0.39 is 40.6 Å². The zero-order chi connectivity index (χ0) is 18.4. The highest BCUT2D eigenvalue weighted by Gasteiger charge is 2.47. The fourth-order valence-electron chi connectivity index (χ4n) is 2.49. The Labute approximate surface area is 139 Å². The van der Waals surface area contributed by atoms with Crippen molar-refractivity contribution in [3.63, 3.8) is 0 Å². The van der Waals surface area contributed by atoms with E-state index in [1.54, 1.807) is 24.3 Å². The Morgan fingerprint density at radius 2 is 1.44 bits per heavy atom. The number of hydrogen-bond donors (Lipinski definition) is 0. The number of benzene rings is 2. The first kappa shape index (κ1) is 17.4. The molecule has 0 N–H and O–H groups in total. The van der Waals surface area contributed by atoms with Gasteiger partial charge in [0.25, 0.3) is 11.8 Å². The molecule has 2 amide bonds. The van der Waals surface area contributed by atoms with Crippen molar-refractivity contribution in [2.75, 3.05) is 13.2 Å². The van der Waals surface area contributed by atoms with Crippen LogP contribution >= 0.6 is 0 Å². The molecule has 0 radical (unpaired) electrons. The first-order valence-corrected chi connectivity index (χ1v) is 8.37. The lowest BCUT2D eigenvalue weighted by atomic mass is 10.0. The van der Waals surface area contributed by atoms with Crippen LogP contribution in [0.15, 0.2) is 36.4 Å². The maximum absolute atomic E-state index is 12.3. The Bertz CT molecular complexity index is 930. The Hall–Kier alpha value is -2.46. The van der Waals surface area contributed by atoms with E-state index in [0.717, 1.165) is 10.8 Å². The van der Waals surface area contributed by atoms with Crippen LogP contribution in [-0.4, -0.2) is 43.8 Å². The summed E-state index contributed by atoms with van der Waals surface area (Å²) in [5, 5.41) is 1.44. The normalized spacial score (nSPS) is 15.1. The van der Waals surface area contributed by atoms with Gasteiger partial charge in [0.15, 0.2) is 0 Å². The number of carbonyl (C=O) groups excluding carboxylic acids is 2. The first-order chi connectivity index (χ1) is 11.6. The van der Waals surface area contributed by atoms with Gasteiger partial charge in [0.1, 0.15) is 0 Å². The minimum Gasteiger partial charge on any atom is -0.272 e. The van der Waals surface area contributed by atoms with Crippen molar-refractivity contribution in [1.82, 2.24) is 4.90 Å². The SMILES string of the molecule is O=C1c2cc3ccccc3cc2C(=O)N1CCOS(=O)(=O)C(F)(F)F. The average molecular weight is 373 g/mol. The zero-order valence-electron chi connectivity index (χ0n) is 12.4. The van der Waals surface area contributed by atoms with Gasteiger partial charge in [0, 0.05) is 0 Å². The smallest absolute Gasteiger partial charge is 0.272 e. The lowest BCUT2D eigenvalue weighted by molar-refractivity contribution is -0.0543. The van der Waals surface area contributed by atoms with E-state index in [2.05, 4.69) is 4.18 Å². The number of carbonyl (C=O) groups is 2. The van der Waals surface area contributed by atoms with Gasteiger partial charge in [0.05, 0.1) is 24.3 Å². The van der Waals surface area contributed by atoms with Crippen LogP contribution < -0.4 is 0 Å². The summed E-state index contributed by atoms with van der Waals surface area (Å²) in [6.45, 7) is -1.59. The number of halogens is 3. The lowest BCUT2D eigenvalue weighted by Gasteiger charge is -2.14. The zero-order valence-corrected chi connectivity index (χ0v) is 13.2. The van der Waals surface area contributed by atoms with Crippen molar-refractivity contribution in [3.05, 3.63) is 47.5 Å². The summed E-state index contributed by atoms with van der Waals surface area (Å²) >= 11 is 0. The quantitative estimate of drug-likeness (QED) is 0.467. The predicted molar refractivity (Wildman–Crippen MR) is 80.2 cm³/mol. The largest absolute Gasteiger partial charge is 0.523 e. The Morgan fingerprint density at radius 3 is 1.88 bits per heavy atom.